The predicted molar refractivity (Wildman–Crippen MR) is 77.6 cm³/mol. The molecule has 1 atom stereocenters. The highest BCUT2D eigenvalue weighted by Crippen LogP contribution is 2.41. The van der Waals surface area contributed by atoms with Gasteiger partial charge in [0.1, 0.15) is 6.04 Å². The van der Waals surface area contributed by atoms with Crippen LogP contribution in [0.3, 0.4) is 0 Å². The average Bonchev–Trinajstić information content (AvgIpc) is 2.81. The van der Waals surface area contributed by atoms with Crippen molar-refractivity contribution in [3.63, 3.8) is 0 Å². The van der Waals surface area contributed by atoms with E-state index in [1.807, 2.05) is 6.92 Å². The molecule has 0 spiro atoms. The first-order valence-electron chi connectivity index (χ1n) is 7.59. The van der Waals surface area contributed by atoms with Crippen molar-refractivity contribution in [2.45, 2.75) is 52.5 Å². The quantitative estimate of drug-likeness (QED) is 0.835. The molecular formula is C15H25N3O3. The molecule has 1 saturated carbocycles. The second kappa shape index (κ2) is 6.56. The van der Waals surface area contributed by atoms with Crippen molar-refractivity contribution >= 4 is 5.91 Å². The predicted octanol–water partition coefficient (Wildman–Crippen LogP) is 2.26. The number of carbonyl (C=O) groups excluding carboxylic acids is 1. The van der Waals surface area contributed by atoms with Crippen LogP contribution >= 0.6 is 0 Å². The fourth-order valence-electron chi connectivity index (χ4n) is 2.62. The van der Waals surface area contributed by atoms with Crippen LogP contribution in [0, 0.1) is 11.3 Å². The van der Waals surface area contributed by atoms with Crippen LogP contribution in [0.5, 0.6) is 0 Å². The zero-order chi connectivity index (χ0) is 15.5. The molecule has 6 nitrogen and oxygen atoms in total. The lowest BCUT2D eigenvalue weighted by atomic mass is 9.68. The van der Waals surface area contributed by atoms with Gasteiger partial charge in [0.25, 0.3) is 0 Å². The minimum atomic E-state index is -0.371. The Morgan fingerprint density at radius 3 is 2.67 bits per heavy atom. The maximum atomic E-state index is 12.4. The summed E-state index contributed by atoms with van der Waals surface area (Å²) in [7, 11) is 1.63. The maximum absolute atomic E-state index is 12.4. The van der Waals surface area contributed by atoms with Crippen molar-refractivity contribution in [2.24, 2.45) is 11.3 Å². The topological polar surface area (TPSA) is 77.2 Å². The summed E-state index contributed by atoms with van der Waals surface area (Å²) in [5, 5.41) is 6.93. The summed E-state index contributed by atoms with van der Waals surface area (Å²) in [6, 6.07) is -0.278. The highest BCUT2D eigenvalue weighted by Gasteiger charge is 2.44. The molecule has 0 unspecified atom stereocenters. The van der Waals surface area contributed by atoms with E-state index >= 15 is 0 Å². The Balaban J connectivity index is 1.95. The molecular weight excluding hydrogens is 270 g/mol. The Kier molecular flexibility index (Phi) is 4.98. The molecule has 0 aliphatic heterocycles. The Hall–Kier alpha value is -1.43. The van der Waals surface area contributed by atoms with Gasteiger partial charge in [-0.05, 0) is 25.7 Å². The number of ether oxygens (including phenoxy) is 1. The summed E-state index contributed by atoms with van der Waals surface area (Å²) in [5.74, 6) is 1.65. The molecule has 1 aromatic heterocycles. The Morgan fingerprint density at radius 2 is 2.14 bits per heavy atom. The monoisotopic (exact) mass is 295 g/mol. The Labute approximate surface area is 125 Å². The molecule has 1 heterocycles. The first-order chi connectivity index (χ1) is 9.97. The fraction of sp³-hybridized carbons (Fsp3) is 0.800. The number of aromatic nitrogens is 2. The minimum absolute atomic E-state index is 0.0201. The minimum Gasteiger partial charge on any atom is -0.384 e. The fourth-order valence-corrected chi connectivity index (χ4v) is 2.62. The van der Waals surface area contributed by atoms with Gasteiger partial charge < -0.3 is 14.6 Å². The first-order valence-corrected chi connectivity index (χ1v) is 7.59. The van der Waals surface area contributed by atoms with Crippen molar-refractivity contribution in [1.29, 1.82) is 0 Å². The standard InChI is InChI=1S/C15H25N3O3/c1-10(2)8-12-17-13(21-18-12)11(3)16-14(19)15(9-20-4)6-5-7-15/h10-11H,5-9H2,1-4H3,(H,16,19)/t11-/m0/s1. The van der Waals surface area contributed by atoms with Crippen LogP contribution in [-0.2, 0) is 16.0 Å². The van der Waals surface area contributed by atoms with Crippen LogP contribution in [0.15, 0.2) is 4.52 Å². The zero-order valence-corrected chi connectivity index (χ0v) is 13.3. The number of nitrogens with one attached hydrogen (secondary N) is 1. The molecule has 6 heteroatoms. The third kappa shape index (κ3) is 3.61. The summed E-state index contributed by atoms with van der Waals surface area (Å²) in [4.78, 5) is 16.8. The summed E-state index contributed by atoms with van der Waals surface area (Å²) >= 11 is 0. The first kappa shape index (κ1) is 15.9. The second-order valence-corrected chi connectivity index (χ2v) is 6.41. The van der Waals surface area contributed by atoms with Crippen molar-refractivity contribution < 1.29 is 14.1 Å². The smallest absolute Gasteiger partial charge is 0.248 e. The lowest BCUT2D eigenvalue weighted by Crippen LogP contribution is -2.49. The van der Waals surface area contributed by atoms with E-state index in [-0.39, 0.29) is 17.4 Å². The molecule has 1 amide bonds. The van der Waals surface area contributed by atoms with Crippen LogP contribution < -0.4 is 5.32 Å². The van der Waals surface area contributed by atoms with E-state index in [0.717, 1.165) is 25.7 Å². The Morgan fingerprint density at radius 1 is 1.43 bits per heavy atom. The van der Waals surface area contributed by atoms with Gasteiger partial charge in [-0.25, -0.2) is 0 Å². The third-order valence-corrected chi connectivity index (χ3v) is 4.01. The van der Waals surface area contributed by atoms with Gasteiger partial charge in [-0.3, -0.25) is 4.79 Å². The van der Waals surface area contributed by atoms with Gasteiger partial charge >= 0.3 is 0 Å². The molecule has 0 saturated heterocycles. The summed E-state index contributed by atoms with van der Waals surface area (Å²) < 4.78 is 10.4. The number of hydrogen-bond donors (Lipinski definition) is 1. The van der Waals surface area contributed by atoms with Gasteiger partial charge in [0.2, 0.25) is 11.8 Å². The van der Waals surface area contributed by atoms with E-state index in [1.54, 1.807) is 7.11 Å². The second-order valence-electron chi connectivity index (χ2n) is 6.41. The van der Waals surface area contributed by atoms with Gasteiger partial charge in [0, 0.05) is 13.5 Å². The van der Waals surface area contributed by atoms with E-state index in [2.05, 4.69) is 29.3 Å². The third-order valence-electron chi connectivity index (χ3n) is 4.01. The molecule has 0 radical (unpaired) electrons. The average molecular weight is 295 g/mol. The molecule has 2 rings (SSSR count). The highest BCUT2D eigenvalue weighted by molar-refractivity contribution is 5.84. The van der Waals surface area contributed by atoms with Gasteiger partial charge in [-0.15, -0.1) is 0 Å². The Bertz CT molecular complexity index is 480. The van der Waals surface area contributed by atoms with Gasteiger partial charge in [-0.1, -0.05) is 25.4 Å². The lowest BCUT2D eigenvalue weighted by Gasteiger charge is -2.39. The number of hydrogen-bond acceptors (Lipinski definition) is 5. The van der Waals surface area contributed by atoms with Crippen molar-refractivity contribution in [2.75, 3.05) is 13.7 Å². The maximum Gasteiger partial charge on any atom is 0.248 e. The SMILES string of the molecule is COCC1(C(=O)N[C@@H](C)c2nc(CC(C)C)no2)CCC1. The largest absolute Gasteiger partial charge is 0.384 e. The summed E-state index contributed by atoms with van der Waals surface area (Å²) in [6.45, 7) is 6.54. The molecule has 1 aromatic rings. The number of methoxy groups -OCH3 is 1. The number of amides is 1. The van der Waals surface area contributed by atoms with Gasteiger partial charge in [-0.2, -0.15) is 4.98 Å². The molecule has 1 aliphatic rings. The molecule has 1 fully saturated rings. The van der Waals surface area contributed by atoms with Crippen LogP contribution in [0.25, 0.3) is 0 Å². The number of carbonyl (C=O) groups is 1. The van der Waals surface area contributed by atoms with Crippen molar-refractivity contribution in [3.8, 4) is 0 Å². The lowest BCUT2D eigenvalue weighted by molar-refractivity contribution is -0.141. The molecule has 1 N–H and O–H groups in total. The molecule has 0 aromatic carbocycles. The van der Waals surface area contributed by atoms with Crippen molar-refractivity contribution in [3.05, 3.63) is 11.7 Å². The summed E-state index contributed by atoms with van der Waals surface area (Å²) in [5.41, 5.74) is -0.371. The van der Waals surface area contributed by atoms with Gasteiger partial charge in [0.15, 0.2) is 5.82 Å². The molecule has 1 aliphatic carbocycles. The van der Waals surface area contributed by atoms with Crippen LogP contribution in [0.1, 0.15) is 57.8 Å². The van der Waals surface area contributed by atoms with E-state index in [0.29, 0.717) is 24.2 Å². The highest BCUT2D eigenvalue weighted by atomic mass is 16.5. The van der Waals surface area contributed by atoms with E-state index in [1.165, 1.54) is 0 Å². The molecule has 21 heavy (non-hydrogen) atoms. The number of nitrogens with zero attached hydrogens (tertiary/aromatic N) is 2. The number of rotatable bonds is 7. The van der Waals surface area contributed by atoms with E-state index < -0.39 is 0 Å². The van der Waals surface area contributed by atoms with Crippen LogP contribution in [0.4, 0.5) is 0 Å². The van der Waals surface area contributed by atoms with E-state index in [9.17, 15) is 4.79 Å². The van der Waals surface area contributed by atoms with Gasteiger partial charge in [0.05, 0.1) is 12.0 Å². The van der Waals surface area contributed by atoms with E-state index in [4.69, 9.17) is 9.26 Å². The zero-order valence-electron chi connectivity index (χ0n) is 13.3. The van der Waals surface area contributed by atoms with Crippen LogP contribution in [0.2, 0.25) is 0 Å². The van der Waals surface area contributed by atoms with Crippen LogP contribution in [-0.4, -0.2) is 29.8 Å². The summed E-state index contributed by atoms with van der Waals surface area (Å²) in [6.07, 6.45) is 3.60. The molecule has 0 bridgehead atoms. The molecule has 118 valence electrons. The van der Waals surface area contributed by atoms with Crippen molar-refractivity contribution in [1.82, 2.24) is 15.5 Å². The normalized spacial score (nSPS) is 18.3.